The van der Waals surface area contributed by atoms with Crippen LogP contribution in [0, 0.1) is 0 Å². The molecule has 0 heterocycles. The van der Waals surface area contributed by atoms with Gasteiger partial charge in [-0.2, -0.15) is 0 Å². The van der Waals surface area contributed by atoms with E-state index in [0.29, 0.717) is 0 Å². The molecule has 0 aromatic heterocycles. The Kier molecular flexibility index (Phi) is 4.15. The van der Waals surface area contributed by atoms with Crippen LogP contribution >= 0.6 is 0 Å². The summed E-state index contributed by atoms with van der Waals surface area (Å²) in [6.45, 7) is 1.36. The molecule has 0 unspecified atom stereocenters. The van der Waals surface area contributed by atoms with E-state index in [2.05, 4.69) is 0 Å². The van der Waals surface area contributed by atoms with Crippen LogP contribution < -0.4 is 4.74 Å². The molecule has 0 aliphatic heterocycles. The van der Waals surface area contributed by atoms with E-state index < -0.39 is 5.97 Å². The summed E-state index contributed by atoms with van der Waals surface area (Å²) in [5.41, 5.74) is 1.05. The maximum Gasteiger partial charge on any atom is 0.315 e. The van der Waals surface area contributed by atoms with Gasteiger partial charge in [-0.05, 0) is 24.6 Å². The average molecular weight is 270 g/mol. The number of rotatable bonds is 4. The van der Waals surface area contributed by atoms with Crippen LogP contribution in [-0.2, 0) is 11.2 Å². The lowest BCUT2D eigenvalue weighted by atomic mass is 10.1. The highest BCUT2D eigenvalue weighted by atomic mass is 16.5. The summed E-state index contributed by atoms with van der Waals surface area (Å²) in [6, 6.07) is 13.4. The van der Waals surface area contributed by atoms with E-state index in [4.69, 9.17) is 4.74 Å². The first-order valence-electron chi connectivity index (χ1n) is 6.15. The summed E-state index contributed by atoms with van der Waals surface area (Å²) < 4.78 is 5.12. The fourth-order valence-electron chi connectivity index (χ4n) is 1.80. The molecule has 0 saturated heterocycles. The number of ether oxygens (including phenoxy) is 1. The van der Waals surface area contributed by atoms with Crippen molar-refractivity contribution in [2.75, 3.05) is 0 Å². The van der Waals surface area contributed by atoms with Gasteiger partial charge < -0.3 is 9.84 Å². The first-order valence-corrected chi connectivity index (χ1v) is 6.15. The summed E-state index contributed by atoms with van der Waals surface area (Å²) >= 11 is 0. The number of aromatic hydroxyl groups is 1. The van der Waals surface area contributed by atoms with Gasteiger partial charge in [0.15, 0.2) is 5.78 Å². The third kappa shape index (κ3) is 3.45. The number of esters is 1. The van der Waals surface area contributed by atoms with Crippen LogP contribution in [-0.4, -0.2) is 16.9 Å². The van der Waals surface area contributed by atoms with E-state index in [1.165, 1.54) is 25.1 Å². The van der Waals surface area contributed by atoms with Gasteiger partial charge in [0.25, 0.3) is 0 Å². The Morgan fingerprint density at radius 3 is 2.40 bits per heavy atom. The molecule has 0 aliphatic rings. The molecule has 4 heteroatoms. The van der Waals surface area contributed by atoms with Gasteiger partial charge in [-0.25, -0.2) is 0 Å². The second-order valence-electron chi connectivity index (χ2n) is 4.37. The Labute approximate surface area is 116 Å². The van der Waals surface area contributed by atoms with Crippen molar-refractivity contribution in [3.8, 4) is 11.5 Å². The highest BCUT2D eigenvalue weighted by Crippen LogP contribution is 2.24. The molecule has 2 aromatic rings. The Morgan fingerprint density at radius 1 is 1.10 bits per heavy atom. The van der Waals surface area contributed by atoms with Gasteiger partial charge in [0.2, 0.25) is 0 Å². The van der Waals surface area contributed by atoms with E-state index in [-0.39, 0.29) is 29.3 Å². The molecule has 2 aromatic carbocycles. The first-order chi connectivity index (χ1) is 9.56. The Bertz CT molecular complexity index is 632. The summed E-state index contributed by atoms with van der Waals surface area (Å²) in [5.74, 6) is -0.647. The van der Waals surface area contributed by atoms with E-state index in [0.717, 1.165) is 5.56 Å². The number of hydrogen-bond acceptors (Lipinski definition) is 4. The molecule has 0 spiro atoms. The van der Waals surface area contributed by atoms with Gasteiger partial charge in [0.05, 0.1) is 12.0 Å². The van der Waals surface area contributed by atoms with Gasteiger partial charge >= 0.3 is 5.97 Å². The van der Waals surface area contributed by atoms with Crippen LogP contribution in [0.4, 0.5) is 0 Å². The van der Waals surface area contributed by atoms with Crippen molar-refractivity contribution in [3.05, 3.63) is 59.7 Å². The summed E-state index contributed by atoms with van der Waals surface area (Å²) in [7, 11) is 0. The highest BCUT2D eigenvalue weighted by molar-refractivity contribution is 5.96. The molecule has 1 N–H and O–H groups in total. The van der Waals surface area contributed by atoms with Crippen molar-refractivity contribution in [3.63, 3.8) is 0 Å². The fraction of sp³-hybridized carbons (Fsp3) is 0.125. The molecule has 0 aliphatic carbocycles. The van der Waals surface area contributed by atoms with Gasteiger partial charge in [0.1, 0.15) is 11.5 Å². The summed E-state index contributed by atoms with van der Waals surface area (Å²) in [5, 5.41) is 9.65. The molecule has 0 bridgehead atoms. The number of phenolic OH excluding ortho intramolecular Hbond substituents is 1. The summed E-state index contributed by atoms with van der Waals surface area (Å²) in [4.78, 5) is 22.9. The van der Waals surface area contributed by atoms with Crippen molar-refractivity contribution >= 4 is 11.8 Å². The topological polar surface area (TPSA) is 63.6 Å². The zero-order valence-corrected chi connectivity index (χ0v) is 11.0. The second-order valence-corrected chi connectivity index (χ2v) is 4.37. The molecule has 20 heavy (non-hydrogen) atoms. The zero-order chi connectivity index (χ0) is 14.5. The zero-order valence-electron chi connectivity index (χ0n) is 11.0. The van der Waals surface area contributed by atoms with Crippen molar-refractivity contribution in [2.45, 2.75) is 13.3 Å². The predicted octanol–water partition coefficient (Wildman–Crippen LogP) is 2.74. The minimum absolute atomic E-state index is 0.149. The van der Waals surface area contributed by atoms with E-state index in [1.807, 2.05) is 30.3 Å². The third-order valence-corrected chi connectivity index (χ3v) is 2.77. The summed E-state index contributed by atoms with van der Waals surface area (Å²) in [6.07, 6.45) is 0.149. The lowest BCUT2D eigenvalue weighted by Crippen LogP contribution is -2.11. The number of hydrogen-bond donors (Lipinski definition) is 1. The van der Waals surface area contributed by atoms with Crippen molar-refractivity contribution < 1.29 is 19.4 Å². The van der Waals surface area contributed by atoms with E-state index in [1.54, 1.807) is 0 Å². The van der Waals surface area contributed by atoms with Crippen molar-refractivity contribution in [1.82, 2.24) is 0 Å². The van der Waals surface area contributed by atoms with Crippen LogP contribution in [0.25, 0.3) is 0 Å². The predicted molar refractivity (Wildman–Crippen MR) is 73.9 cm³/mol. The van der Waals surface area contributed by atoms with Crippen molar-refractivity contribution in [2.24, 2.45) is 0 Å². The van der Waals surface area contributed by atoms with Crippen molar-refractivity contribution in [1.29, 1.82) is 0 Å². The molecule has 0 saturated carbocycles. The smallest absolute Gasteiger partial charge is 0.315 e. The Morgan fingerprint density at radius 2 is 1.80 bits per heavy atom. The third-order valence-electron chi connectivity index (χ3n) is 2.77. The number of benzene rings is 2. The number of carbonyl (C=O) groups is 2. The molecular formula is C16H14O4. The molecule has 2 rings (SSSR count). The van der Waals surface area contributed by atoms with Crippen LogP contribution in [0.15, 0.2) is 48.5 Å². The largest absolute Gasteiger partial charge is 0.507 e. The number of Topliss-reactive ketones (excluding diaryl/α,β-unsaturated/α-hetero) is 1. The standard InChI is InChI=1S/C16H14O4/c1-11(17)14-8-7-13(10-15(14)18)20-16(19)9-12-5-3-2-4-6-12/h2-8,10,18H,9H2,1H3. The average Bonchev–Trinajstić information content (AvgIpc) is 2.39. The maximum atomic E-state index is 11.7. The molecule has 4 nitrogen and oxygen atoms in total. The normalized spacial score (nSPS) is 10.1. The van der Waals surface area contributed by atoms with Gasteiger partial charge in [-0.15, -0.1) is 0 Å². The maximum absolute atomic E-state index is 11.7. The SMILES string of the molecule is CC(=O)c1ccc(OC(=O)Cc2ccccc2)cc1O. The van der Waals surface area contributed by atoms with Crippen LogP contribution in [0.5, 0.6) is 11.5 Å². The number of ketones is 1. The number of carbonyl (C=O) groups excluding carboxylic acids is 2. The highest BCUT2D eigenvalue weighted by Gasteiger charge is 2.10. The Balaban J connectivity index is 2.05. The van der Waals surface area contributed by atoms with Gasteiger partial charge in [-0.3, -0.25) is 9.59 Å². The quantitative estimate of drug-likeness (QED) is 0.527. The minimum Gasteiger partial charge on any atom is -0.507 e. The van der Waals surface area contributed by atoms with Crippen LogP contribution in [0.3, 0.4) is 0 Å². The first kappa shape index (κ1) is 13.8. The molecule has 0 fully saturated rings. The molecule has 0 amide bonds. The molecular weight excluding hydrogens is 256 g/mol. The molecule has 102 valence electrons. The fourth-order valence-corrected chi connectivity index (χ4v) is 1.80. The van der Waals surface area contributed by atoms with Crippen LogP contribution in [0.2, 0.25) is 0 Å². The van der Waals surface area contributed by atoms with Crippen LogP contribution in [0.1, 0.15) is 22.8 Å². The lowest BCUT2D eigenvalue weighted by molar-refractivity contribution is -0.133. The molecule has 0 atom stereocenters. The minimum atomic E-state index is -0.425. The van der Waals surface area contributed by atoms with E-state index >= 15 is 0 Å². The van der Waals surface area contributed by atoms with E-state index in [9.17, 15) is 14.7 Å². The van der Waals surface area contributed by atoms with Gasteiger partial charge in [0, 0.05) is 6.07 Å². The number of phenols is 1. The second kappa shape index (κ2) is 6.02. The Hall–Kier alpha value is -2.62. The molecule has 0 radical (unpaired) electrons. The van der Waals surface area contributed by atoms with Gasteiger partial charge in [-0.1, -0.05) is 30.3 Å². The monoisotopic (exact) mass is 270 g/mol. The lowest BCUT2D eigenvalue weighted by Gasteiger charge is -2.06.